The molecule has 0 aromatic carbocycles. The van der Waals surface area contributed by atoms with E-state index in [1.807, 2.05) is 11.7 Å². The molecule has 3 heterocycles. The van der Waals surface area contributed by atoms with Crippen LogP contribution < -0.4 is 5.32 Å². The molecular weight excluding hydrogens is 332 g/mol. The van der Waals surface area contributed by atoms with Crippen LogP contribution >= 0.6 is 0 Å². The Bertz CT molecular complexity index is 758. The molecule has 1 aliphatic rings. The van der Waals surface area contributed by atoms with Gasteiger partial charge in [0.1, 0.15) is 5.76 Å². The highest BCUT2D eigenvalue weighted by Crippen LogP contribution is 2.16. The van der Waals surface area contributed by atoms with Gasteiger partial charge in [0.15, 0.2) is 5.82 Å². The summed E-state index contributed by atoms with van der Waals surface area (Å²) in [6.45, 7) is 11.7. The number of hydrogen-bond donors (Lipinski definition) is 1. The second kappa shape index (κ2) is 8.01. The highest BCUT2D eigenvalue weighted by atomic mass is 16.5. The maximum absolute atomic E-state index is 12.0. The summed E-state index contributed by atoms with van der Waals surface area (Å²) in [5, 5.41) is 11.0. The molecule has 142 valence electrons. The van der Waals surface area contributed by atoms with Gasteiger partial charge in [0.25, 0.3) is 0 Å². The SMILES string of the molecule is Cc1cc(NC(=O)CCN2CCN(Cc3c(C)nn(C)c3C)CC2)no1. The zero-order chi connectivity index (χ0) is 18.7. The molecule has 0 radical (unpaired) electrons. The van der Waals surface area contributed by atoms with E-state index in [1.165, 1.54) is 11.3 Å². The Labute approximate surface area is 154 Å². The Morgan fingerprint density at radius 3 is 2.46 bits per heavy atom. The van der Waals surface area contributed by atoms with Crippen molar-refractivity contribution in [2.45, 2.75) is 33.7 Å². The van der Waals surface area contributed by atoms with Crippen molar-refractivity contribution in [3.05, 3.63) is 28.8 Å². The molecule has 26 heavy (non-hydrogen) atoms. The molecule has 1 amide bonds. The lowest BCUT2D eigenvalue weighted by atomic mass is 10.1. The van der Waals surface area contributed by atoms with E-state index in [-0.39, 0.29) is 5.91 Å². The smallest absolute Gasteiger partial charge is 0.226 e. The Morgan fingerprint density at radius 2 is 1.88 bits per heavy atom. The van der Waals surface area contributed by atoms with E-state index in [4.69, 9.17) is 4.52 Å². The third-order valence-electron chi connectivity index (χ3n) is 5.06. The molecule has 3 rings (SSSR count). The molecule has 1 fully saturated rings. The van der Waals surface area contributed by atoms with Crippen molar-refractivity contribution >= 4 is 11.7 Å². The molecule has 1 saturated heterocycles. The number of rotatable bonds is 6. The lowest BCUT2D eigenvalue weighted by Gasteiger charge is -2.34. The molecule has 8 nitrogen and oxygen atoms in total. The zero-order valence-electron chi connectivity index (χ0n) is 16.1. The third-order valence-corrected chi connectivity index (χ3v) is 5.06. The topological polar surface area (TPSA) is 79.4 Å². The predicted octanol–water partition coefficient (Wildman–Crippen LogP) is 1.48. The summed E-state index contributed by atoms with van der Waals surface area (Å²) in [5.41, 5.74) is 3.69. The first kappa shape index (κ1) is 18.6. The average molecular weight is 360 g/mol. The molecule has 0 saturated carbocycles. The predicted molar refractivity (Wildman–Crippen MR) is 98.9 cm³/mol. The van der Waals surface area contributed by atoms with Crippen molar-refractivity contribution in [1.29, 1.82) is 0 Å². The molecule has 0 bridgehead atoms. The number of aromatic nitrogens is 3. The Kier molecular flexibility index (Phi) is 5.73. The molecule has 2 aromatic heterocycles. The molecule has 2 aromatic rings. The van der Waals surface area contributed by atoms with Crippen LogP contribution in [0.25, 0.3) is 0 Å². The third kappa shape index (κ3) is 4.50. The summed E-state index contributed by atoms with van der Waals surface area (Å²) in [6, 6.07) is 1.72. The number of anilines is 1. The number of hydrogen-bond acceptors (Lipinski definition) is 6. The van der Waals surface area contributed by atoms with Crippen molar-refractivity contribution in [2.24, 2.45) is 7.05 Å². The van der Waals surface area contributed by atoms with Gasteiger partial charge in [-0.05, 0) is 20.8 Å². The van der Waals surface area contributed by atoms with Gasteiger partial charge in [0, 0.05) is 70.1 Å². The molecular formula is C18H28N6O2. The fourth-order valence-corrected chi connectivity index (χ4v) is 3.33. The highest BCUT2D eigenvalue weighted by molar-refractivity contribution is 5.89. The largest absolute Gasteiger partial charge is 0.360 e. The summed E-state index contributed by atoms with van der Waals surface area (Å²) < 4.78 is 6.91. The maximum Gasteiger partial charge on any atom is 0.226 e. The number of aryl methyl sites for hydroxylation is 3. The molecule has 0 spiro atoms. The Hall–Kier alpha value is -2.19. The van der Waals surface area contributed by atoms with Gasteiger partial charge < -0.3 is 14.7 Å². The molecule has 1 aliphatic heterocycles. The van der Waals surface area contributed by atoms with E-state index in [0.717, 1.165) is 45.0 Å². The van der Waals surface area contributed by atoms with Crippen LogP contribution in [0.1, 0.15) is 29.1 Å². The number of carbonyl (C=O) groups excluding carboxylic acids is 1. The van der Waals surface area contributed by atoms with Gasteiger partial charge in [-0.15, -0.1) is 0 Å². The monoisotopic (exact) mass is 360 g/mol. The van der Waals surface area contributed by atoms with Crippen LogP contribution in [0.4, 0.5) is 5.82 Å². The normalized spacial score (nSPS) is 16.2. The van der Waals surface area contributed by atoms with E-state index in [2.05, 4.69) is 39.2 Å². The van der Waals surface area contributed by atoms with Gasteiger partial charge in [0.2, 0.25) is 5.91 Å². The van der Waals surface area contributed by atoms with Gasteiger partial charge in [-0.3, -0.25) is 14.4 Å². The fraction of sp³-hybridized carbons (Fsp3) is 0.611. The maximum atomic E-state index is 12.0. The van der Waals surface area contributed by atoms with Crippen LogP contribution in [0, 0.1) is 20.8 Å². The number of nitrogens with zero attached hydrogens (tertiary/aromatic N) is 5. The number of piperazine rings is 1. The molecule has 0 atom stereocenters. The Balaban J connectivity index is 1.40. The molecule has 1 N–H and O–H groups in total. The van der Waals surface area contributed by atoms with E-state index in [9.17, 15) is 4.79 Å². The summed E-state index contributed by atoms with van der Waals surface area (Å²) in [5.74, 6) is 1.15. The minimum atomic E-state index is -0.0256. The minimum Gasteiger partial charge on any atom is -0.360 e. The van der Waals surface area contributed by atoms with Crippen LogP contribution in [0.5, 0.6) is 0 Å². The lowest BCUT2D eigenvalue weighted by Crippen LogP contribution is -2.46. The fourth-order valence-electron chi connectivity index (χ4n) is 3.33. The Morgan fingerprint density at radius 1 is 1.19 bits per heavy atom. The van der Waals surface area contributed by atoms with Gasteiger partial charge in [-0.1, -0.05) is 5.16 Å². The van der Waals surface area contributed by atoms with E-state index < -0.39 is 0 Å². The summed E-state index contributed by atoms with van der Waals surface area (Å²) in [6.07, 6.45) is 0.465. The van der Waals surface area contributed by atoms with Gasteiger partial charge in [-0.2, -0.15) is 5.10 Å². The van der Waals surface area contributed by atoms with Gasteiger partial charge >= 0.3 is 0 Å². The quantitative estimate of drug-likeness (QED) is 0.841. The van der Waals surface area contributed by atoms with Crippen molar-refractivity contribution in [3.8, 4) is 0 Å². The molecule has 0 aliphatic carbocycles. The van der Waals surface area contributed by atoms with Crippen molar-refractivity contribution in [1.82, 2.24) is 24.7 Å². The first-order valence-corrected chi connectivity index (χ1v) is 9.09. The summed E-state index contributed by atoms with van der Waals surface area (Å²) in [4.78, 5) is 16.8. The van der Waals surface area contributed by atoms with Crippen molar-refractivity contribution in [2.75, 3.05) is 38.0 Å². The first-order chi connectivity index (χ1) is 12.4. The van der Waals surface area contributed by atoms with Crippen LogP contribution in [-0.2, 0) is 18.4 Å². The van der Waals surface area contributed by atoms with E-state index in [0.29, 0.717) is 18.0 Å². The summed E-state index contributed by atoms with van der Waals surface area (Å²) in [7, 11) is 2.00. The zero-order valence-corrected chi connectivity index (χ0v) is 16.1. The van der Waals surface area contributed by atoms with Gasteiger partial charge in [0.05, 0.1) is 5.69 Å². The second-order valence-electron chi connectivity index (χ2n) is 7.01. The number of amides is 1. The van der Waals surface area contributed by atoms with Crippen LogP contribution in [-0.4, -0.2) is 63.4 Å². The van der Waals surface area contributed by atoms with Crippen molar-refractivity contribution in [3.63, 3.8) is 0 Å². The van der Waals surface area contributed by atoms with Gasteiger partial charge in [-0.25, -0.2) is 0 Å². The van der Waals surface area contributed by atoms with E-state index >= 15 is 0 Å². The van der Waals surface area contributed by atoms with Crippen LogP contribution in [0.3, 0.4) is 0 Å². The lowest BCUT2D eigenvalue weighted by molar-refractivity contribution is -0.116. The highest BCUT2D eigenvalue weighted by Gasteiger charge is 2.20. The average Bonchev–Trinajstić information content (AvgIpc) is 3.12. The van der Waals surface area contributed by atoms with Crippen LogP contribution in [0.15, 0.2) is 10.6 Å². The number of carbonyl (C=O) groups is 1. The number of nitrogens with one attached hydrogen (secondary N) is 1. The molecule has 8 heteroatoms. The summed E-state index contributed by atoms with van der Waals surface area (Å²) >= 11 is 0. The minimum absolute atomic E-state index is 0.0256. The van der Waals surface area contributed by atoms with Crippen LogP contribution in [0.2, 0.25) is 0 Å². The molecule has 0 unspecified atom stereocenters. The first-order valence-electron chi connectivity index (χ1n) is 9.09. The standard InChI is InChI=1S/C18H28N6O2/c1-13-11-17(21-26-13)19-18(25)5-6-23-7-9-24(10-8-23)12-16-14(2)20-22(4)15(16)3/h11H,5-10,12H2,1-4H3,(H,19,21,25). The second-order valence-corrected chi connectivity index (χ2v) is 7.01. The van der Waals surface area contributed by atoms with E-state index in [1.54, 1.807) is 13.0 Å². The van der Waals surface area contributed by atoms with Crippen molar-refractivity contribution < 1.29 is 9.32 Å².